The SMILES string of the molecule is C=C(C)OC(=O)NCCN1CCOCC1. The van der Waals surface area contributed by atoms with E-state index in [-0.39, 0.29) is 0 Å². The zero-order valence-electron chi connectivity index (χ0n) is 9.12. The molecule has 1 aliphatic rings. The van der Waals surface area contributed by atoms with Gasteiger partial charge in [0.25, 0.3) is 0 Å². The molecule has 1 fully saturated rings. The number of morpholine rings is 1. The lowest BCUT2D eigenvalue weighted by Crippen LogP contribution is -2.41. The molecule has 1 aliphatic heterocycles. The Morgan fingerprint density at radius 2 is 2.20 bits per heavy atom. The van der Waals surface area contributed by atoms with Gasteiger partial charge in [-0.2, -0.15) is 0 Å². The number of hydrogen-bond donors (Lipinski definition) is 1. The van der Waals surface area contributed by atoms with E-state index in [2.05, 4.69) is 16.8 Å². The molecule has 0 aromatic carbocycles. The summed E-state index contributed by atoms with van der Waals surface area (Å²) in [6.07, 6.45) is -0.434. The molecule has 0 aromatic heterocycles. The van der Waals surface area contributed by atoms with E-state index in [9.17, 15) is 4.79 Å². The zero-order valence-corrected chi connectivity index (χ0v) is 9.12. The van der Waals surface area contributed by atoms with Crippen LogP contribution in [-0.4, -0.2) is 50.4 Å². The van der Waals surface area contributed by atoms with E-state index >= 15 is 0 Å². The second-order valence-corrected chi connectivity index (χ2v) is 3.47. The van der Waals surface area contributed by atoms with Crippen molar-refractivity contribution in [2.45, 2.75) is 6.92 Å². The van der Waals surface area contributed by atoms with Gasteiger partial charge in [0.1, 0.15) is 0 Å². The number of carbonyl (C=O) groups is 1. The van der Waals surface area contributed by atoms with Crippen molar-refractivity contribution in [2.75, 3.05) is 39.4 Å². The van der Waals surface area contributed by atoms with Gasteiger partial charge in [-0.05, 0) is 6.92 Å². The predicted molar refractivity (Wildman–Crippen MR) is 56.6 cm³/mol. The van der Waals surface area contributed by atoms with Crippen molar-refractivity contribution in [2.24, 2.45) is 0 Å². The van der Waals surface area contributed by atoms with Crippen LogP contribution in [-0.2, 0) is 9.47 Å². The van der Waals surface area contributed by atoms with Crippen molar-refractivity contribution in [3.05, 3.63) is 12.3 Å². The first-order valence-electron chi connectivity index (χ1n) is 5.10. The Hall–Kier alpha value is -1.07. The summed E-state index contributed by atoms with van der Waals surface area (Å²) in [4.78, 5) is 13.3. The number of amides is 1. The molecule has 5 nitrogen and oxygen atoms in total. The zero-order chi connectivity index (χ0) is 11.1. The van der Waals surface area contributed by atoms with Crippen LogP contribution < -0.4 is 5.32 Å². The largest absolute Gasteiger partial charge is 0.416 e. The molecule has 1 heterocycles. The number of nitrogens with one attached hydrogen (secondary N) is 1. The van der Waals surface area contributed by atoms with Gasteiger partial charge in [-0.3, -0.25) is 4.90 Å². The number of rotatable bonds is 4. The topological polar surface area (TPSA) is 50.8 Å². The molecule has 1 amide bonds. The minimum atomic E-state index is -0.434. The molecule has 0 aliphatic carbocycles. The van der Waals surface area contributed by atoms with Crippen molar-refractivity contribution < 1.29 is 14.3 Å². The summed E-state index contributed by atoms with van der Waals surface area (Å²) >= 11 is 0. The van der Waals surface area contributed by atoms with E-state index in [1.807, 2.05) is 0 Å². The molecule has 15 heavy (non-hydrogen) atoms. The van der Waals surface area contributed by atoms with E-state index in [1.54, 1.807) is 6.92 Å². The average molecular weight is 214 g/mol. The van der Waals surface area contributed by atoms with Gasteiger partial charge in [0.05, 0.1) is 19.0 Å². The first-order chi connectivity index (χ1) is 7.18. The second kappa shape index (κ2) is 6.42. The maximum absolute atomic E-state index is 11.1. The van der Waals surface area contributed by atoms with Crippen LogP contribution >= 0.6 is 0 Å². The monoisotopic (exact) mass is 214 g/mol. The molecule has 0 spiro atoms. The van der Waals surface area contributed by atoms with Crippen LogP contribution in [0.15, 0.2) is 12.3 Å². The molecule has 86 valence electrons. The van der Waals surface area contributed by atoms with Gasteiger partial charge < -0.3 is 14.8 Å². The number of ether oxygens (including phenoxy) is 2. The van der Waals surface area contributed by atoms with Crippen molar-refractivity contribution in [3.8, 4) is 0 Å². The highest BCUT2D eigenvalue weighted by Gasteiger charge is 2.10. The summed E-state index contributed by atoms with van der Waals surface area (Å²) < 4.78 is 9.97. The number of alkyl carbamates (subject to hydrolysis) is 1. The van der Waals surface area contributed by atoms with Crippen LogP contribution in [0.1, 0.15) is 6.92 Å². The normalized spacial score (nSPS) is 17.1. The third kappa shape index (κ3) is 5.39. The summed E-state index contributed by atoms with van der Waals surface area (Å²) in [5, 5.41) is 2.66. The van der Waals surface area contributed by atoms with Crippen molar-refractivity contribution in [3.63, 3.8) is 0 Å². The maximum atomic E-state index is 11.1. The molecule has 0 radical (unpaired) electrons. The van der Waals surface area contributed by atoms with Crippen molar-refractivity contribution >= 4 is 6.09 Å². The number of hydrogen-bond acceptors (Lipinski definition) is 4. The quantitative estimate of drug-likeness (QED) is 0.695. The second-order valence-electron chi connectivity index (χ2n) is 3.47. The number of nitrogens with zero attached hydrogens (tertiary/aromatic N) is 1. The lowest BCUT2D eigenvalue weighted by atomic mass is 10.4. The Morgan fingerprint density at radius 1 is 1.53 bits per heavy atom. The van der Waals surface area contributed by atoms with Gasteiger partial charge in [-0.15, -0.1) is 0 Å². The van der Waals surface area contributed by atoms with E-state index in [0.29, 0.717) is 12.3 Å². The van der Waals surface area contributed by atoms with Crippen LogP contribution in [0.3, 0.4) is 0 Å². The molecular formula is C10H18N2O3. The molecule has 0 saturated carbocycles. The summed E-state index contributed by atoms with van der Waals surface area (Å²) in [5.41, 5.74) is 0. The van der Waals surface area contributed by atoms with E-state index < -0.39 is 6.09 Å². The molecule has 1 rings (SSSR count). The summed E-state index contributed by atoms with van der Waals surface area (Å²) in [5.74, 6) is 0.402. The smallest absolute Gasteiger partial charge is 0.412 e. The van der Waals surface area contributed by atoms with Gasteiger partial charge in [0.15, 0.2) is 0 Å². The molecular weight excluding hydrogens is 196 g/mol. The van der Waals surface area contributed by atoms with Gasteiger partial charge in [-0.25, -0.2) is 4.79 Å². The first kappa shape index (κ1) is 12.0. The van der Waals surface area contributed by atoms with Crippen LogP contribution in [0.5, 0.6) is 0 Å². The minimum Gasteiger partial charge on any atom is -0.416 e. The Kier molecular flexibility index (Phi) is 5.14. The van der Waals surface area contributed by atoms with Crippen LogP contribution in [0.25, 0.3) is 0 Å². The Balaban J connectivity index is 2.04. The summed E-state index contributed by atoms with van der Waals surface area (Å²) in [6, 6.07) is 0. The van der Waals surface area contributed by atoms with E-state index in [4.69, 9.17) is 9.47 Å². The predicted octanol–water partition coefficient (Wildman–Crippen LogP) is 0.578. The highest BCUT2D eigenvalue weighted by Crippen LogP contribution is 1.95. The summed E-state index contributed by atoms with van der Waals surface area (Å²) in [7, 11) is 0. The highest BCUT2D eigenvalue weighted by molar-refractivity contribution is 5.68. The lowest BCUT2D eigenvalue weighted by Gasteiger charge is -2.26. The fraction of sp³-hybridized carbons (Fsp3) is 0.700. The van der Waals surface area contributed by atoms with Crippen molar-refractivity contribution in [1.29, 1.82) is 0 Å². The molecule has 0 bridgehead atoms. The summed E-state index contributed by atoms with van der Waals surface area (Å²) in [6.45, 7) is 9.94. The maximum Gasteiger partial charge on any atom is 0.412 e. The Labute approximate surface area is 90.0 Å². The third-order valence-electron chi connectivity index (χ3n) is 2.07. The average Bonchev–Trinajstić information content (AvgIpc) is 2.18. The van der Waals surface area contributed by atoms with Gasteiger partial charge in [0.2, 0.25) is 0 Å². The van der Waals surface area contributed by atoms with Crippen LogP contribution in [0, 0.1) is 0 Å². The fourth-order valence-electron chi connectivity index (χ4n) is 1.34. The molecule has 0 unspecified atom stereocenters. The lowest BCUT2D eigenvalue weighted by molar-refractivity contribution is 0.0384. The van der Waals surface area contributed by atoms with Crippen molar-refractivity contribution in [1.82, 2.24) is 10.2 Å². The minimum absolute atomic E-state index is 0.402. The van der Waals surface area contributed by atoms with Crippen LogP contribution in [0.4, 0.5) is 4.79 Å². The first-order valence-corrected chi connectivity index (χ1v) is 5.10. The highest BCUT2D eigenvalue weighted by atomic mass is 16.6. The Morgan fingerprint density at radius 3 is 2.80 bits per heavy atom. The van der Waals surface area contributed by atoms with Gasteiger partial charge in [0, 0.05) is 26.2 Å². The Bertz CT molecular complexity index is 225. The molecule has 1 N–H and O–H groups in total. The van der Waals surface area contributed by atoms with Crippen LogP contribution in [0.2, 0.25) is 0 Å². The molecule has 1 saturated heterocycles. The molecule has 0 atom stereocenters. The molecule has 5 heteroatoms. The third-order valence-corrected chi connectivity index (χ3v) is 2.07. The standard InChI is InChI=1S/C10H18N2O3/c1-9(2)15-10(13)11-3-4-12-5-7-14-8-6-12/h1,3-8H2,2H3,(H,11,13). The van der Waals surface area contributed by atoms with Gasteiger partial charge >= 0.3 is 6.09 Å². The van der Waals surface area contributed by atoms with E-state index in [1.165, 1.54) is 0 Å². The van der Waals surface area contributed by atoms with Gasteiger partial charge in [-0.1, -0.05) is 6.58 Å². The fourth-order valence-corrected chi connectivity index (χ4v) is 1.34. The van der Waals surface area contributed by atoms with E-state index in [0.717, 1.165) is 32.8 Å². The number of allylic oxidation sites excluding steroid dienone is 1. The molecule has 0 aromatic rings. The number of carbonyl (C=O) groups excluding carboxylic acids is 1.